The van der Waals surface area contributed by atoms with Crippen molar-refractivity contribution in [3.8, 4) is 0 Å². The molecule has 0 aliphatic carbocycles. The highest BCUT2D eigenvalue weighted by atomic mass is 35.5. The van der Waals surface area contributed by atoms with Gasteiger partial charge in [0.2, 0.25) is 0 Å². The fraction of sp³-hybridized carbons (Fsp3) is 0.500. The van der Waals surface area contributed by atoms with Crippen LogP contribution in [0.2, 0.25) is 5.02 Å². The van der Waals surface area contributed by atoms with E-state index in [1.807, 2.05) is 6.07 Å². The first kappa shape index (κ1) is 10.0. The van der Waals surface area contributed by atoms with Gasteiger partial charge in [-0.05, 0) is 42.1 Å². The summed E-state index contributed by atoms with van der Waals surface area (Å²) in [4.78, 5) is 0. The standard InChI is InChI=1S/C12H16ClN/c1-8(2)12-11-4-3-10(13)7-9(11)5-6-14-12/h3-4,7-8,12,14H,5-6H2,1-2H3. The number of hydrogen-bond acceptors (Lipinski definition) is 1. The molecule has 1 aromatic carbocycles. The van der Waals surface area contributed by atoms with E-state index in [0.717, 1.165) is 18.0 Å². The minimum Gasteiger partial charge on any atom is -0.309 e. The van der Waals surface area contributed by atoms with Crippen molar-refractivity contribution in [2.75, 3.05) is 6.54 Å². The Kier molecular flexibility index (Phi) is 2.80. The summed E-state index contributed by atoms with van der Waals surface area (Å²) in [6, 6.07) is 6.75. The molecule has 1 aliphatic heterocycles. The Morgan fingerprint density at radius 1 is 1.43 bits per heavy atom. The van der Waals surface area contributed by atoms with Crippen molar-refractivity contribution in [3.05, 3.63) is 34.3 Å². The lowest BCUT2D eigenvalue weighted by Gasteiger charge is -2.30. The Balaban J connectivity index is 2.40. The molecule has 1 heterocycles. The molecule has 0 saturated carbocycles. The highest BCUT2D eigenvalue weighted by Crippen LogP contribution is 2.30. The van der Waals surface area contributed by atoms with E-state index in [-0.39, 0.29) is 0 Å². The summed E-state index contributed by atoms with van der Waals surface area (Å²) >= 11 is 5.98. The molecule has 1 N–H and O–H groups in total. The Morgan fingerprint density at radius 2 is 2.21 bits per heavy atom. The molecule has 1 aliphatic rings. The molecule has 1 atom stereocenters. The molecule has 0 bridgehead atoms. The van der Waals surface area contributed by atoms with Crippen LogP contribution in [0.15, 0.2) is 18.2 Å². The predicted octanol–water partition coefficient (Wildman–Crippen LogP) is 3.18. The van der Waals surface area contributed by atoms with E-state index >= 15 is 0 Å². The zero-order valence-electron chi connectivity index (χ0n) is 8.68. The summed E-state index contributed by atoms with van der Waals surface area (Å²) in [6.07, 6.45) is 1.10. The van der Waals surface area contributed by atoms with Gasteiger partial charge >= 0.3 is 0 Å². The maximum absolute atomic E-state index is 5.98. The van der Waals surface area contributed by atoms with Crippen LogP contribution in [-0.2, 0) is 6.42 Å². The van der Waals surface area contributed by atoms with Gasteiger partial charge < -0.3 is 5.32 Å². The molecular formula is C12H16ClN. The third-order valence-corrected chi connectivity index (χ3v) is 3.10. The fourth-order valence-electron chi connectivity index (χ4n) is 2.16. The van der Waals surface area contributed by atoms with Gasteiger partial charge in [-0.25, -0.2) is 0 Å². The van der Waals surface area contributed by atoms with Gasteiger partial charge in [-0.3, -0.25) is 0 Å². The number of hydrogen-bond donors (Lipinski definition) is 1. The van der Waals surface area contributed by atoms with Gasteiger partial charge in [0.25, 0.3) is 0 Å². The van der Waals surface area contributed by atoms with Gasteiger partial charge in [-0.15, -0.1) is 0 Å². The third-order valence-electron chi connectivity index (χ3n) is 2.87. The molecule has 0 saturated heterocycles. The van der Waals surface area contributed by atoms with Gasteiger partial charge in [0.1, 0.15) is 0 Å². The maximum atomic E-state index is 5.98. The molecule has 1 aromatic rings. The van der Waals surface area contributed by atoms with E-state index in [1.54, 1.807) is 0 Å². The third kappa shape index (κ3) is 1.79. The second-order valence-electron chi connectivity index (χ2n) is 4.27. The molecule has 0 spiro atoms. The minimum atomic E-state index is 0.496. The van der Waals surface area contributed by atoms with Crippen LogP contribution < -0.4 is 5.32 Å². The summed E-state index contributed by atoms with van der Waals surface area (Å²) in [6.45, 7) is 5.57. The van der Waals surface area contributed by atoms with Crippen LogP contribution in [0.4, 0.5) is 0 Å². The number of benzene rings is 1. The van der Waals surface area contributed by atoms with Crippen molar-refractivity contribution in [2.45, 2.75) is 26.3 Å². The van der Waals surface area contributed by atoms with E-state index in [0.29, 0.717) is 12.0 Å². The van der Waals surface area contributed by atoms with Crippen LogP contribution in [0.3, 0.4) is 0 Å². The molecule has 14 heavy (non-hydrogen) atoms. The van der Waals surface area contributed by atoms with Crippen molar-refractivity contribution >= 4 is 11.6 Å². The summed E-state index contributed by atoms with van der Waals surface area (Å²) in [7, 11) is 0. The molecule has 2 rings (SSSR count). The number of rotatable bonds is 1. The Hall–Kier alpha value is -0.530. The first-order valence-electron chi connectivity index (χ1n) is 5.20. The van der Waals surface area contributed by atoms with Crippen LogP contribution in [0.5, 0.6) is 0 Å². The van der Waals surface area contributed by atoms with Crippen molar-refractivity contribution in [1.29, 1.82) is 0 Å². The summed E-state index contributed by atoms with van der Waals surface area (Å²) < 4.78 is 0. The first-order valence-corrected chi connectivity index (χ1v) is 5.58. The van der Waals surface area contributed by atoms with Gasteiger partial charge in [-0.1, -0.05) is 31.5 Å². The van der Waals surface area contributed by atoms with Gasteiger partial charge in [-0.2, -0.15) is 0 Å². The van der Waals surface area contributed by atoms with Crippen molar-refractivity contribution in [2.24, 2.45) is 5.92 Å². The highest BCUT2D eigenvalue weighted by Gasteiger charge is 2.21. The molecule has 1 nitrogen and oxygen atoms in total. The lowest BCUT2D eigenvalue weighted by molar-refractivity contribution is 0.395. The number of nitrogens with one attached hydrogen (secondary N) is 1. The van der Waals surface area contributed by atoms with Crippen molar-refractivity contribution in [3.63, 3.8) is 0 Å². The largest absolute Gasteiger partial charge is 0.309 e. The Morgan fingerprint density at radius 3 is 2.93 bits per heavy atom. The van der Waals surface area contributed by atoms with Gasteiger partial charge in [0.15, 0.2) is 0 Å². The summed E-state index contributed by atoms with van der Waals surface area (Å²) in [5.41, 5.74) is 2.84. The Bertz CT molecular complexity index is 333. The van der Waals surface area contributed by atoms with E-state index < -0.39 is 0 Å². The predicted molar refractivity (Wildman–Crippen MR) is 60.7 cm³/mol. The summed E-state index contributed by atoms with van der Waals surface area (Å²) in [5.74, 6) is 0.634. The molecule has 76 valence electrons. The van der Waals surface area contributed by atoms with Crippen molar-refractivity contribution < 1.29 is 0 Å². The fourth-order valence-corrected chi connectivity index (χ4v) is 2.36. The minimum absolute atomic E-state index is 0.496. The second kappa shape index (κ2) is 3.92. The smallest absolute Gasteiger partial charge is 0.0408 e. The van der Waals surface area contributed by atoms with Crippen LogP contribution in [-0.4, -0.2) is 6.54 Å². The lowest BCUT2D eigenvalue weighted by Crippen LogP contribution is -2.32. The number of halogens is 1. The monoisotopic (exact) mass is 209 g/mol. The average molecular weight is 210 g/mol. The van der Waals surface area contributed by atoms with Gasteiger partial charge in [0.05, 0.1) is 0 Å². The second-order valence-corrected chi connectivity index (χ2v) is 4.71. The van der Waals surface area contributed by atoms with E-state index in [1.165, 1.54) is 11.1 Å². The molecule has 0 fully saturated rings. The normalized spacial score (nSPS) is 21.0. The highest BCUT2D eigenvalue weighted by molar-refractivity contribution is 6.30. The zero-order chi connectivity index (χ0) is 10.1. The van der Waals surface area contributed by atoms with Crippen LogP contribution in [0.1, 0.15) is 31.0 Å². The molecule has 0 amide bonds. The zero-order valence-corrected chi connectivity index (χ0v) is 9.43. The molecular weight excluding hydrogens is 194 g/mol. The Labute approximate surface area is 90.5 Å². The molecule has 2 heteroatoms. The van der Waals surface area contributed by atoms with E-state index in [9.17, 15) is 0 Å². The maximum Gasteiger partial charge on any atom is 0.0408 e. The first-order chi connectivity index (χ1) is 6.68. The van der Waals surface area contributed by atoms with Gasteiger partial charge in [0, 0.05) is 11.1 Å². The van der Waals surface area contributed by atoms with E-state index in [2.05, 4.69) is 31.3 Å². The van der Waals surface area contributed by atoms with Crippen LogP contribution in [0.25, 0.3) is 0 Å². The quantitative estimate of drug-likeness (QED) is 0.749. The number of fused-ring (bicyclic) bond motifs is 1. The summed E-state index contributed by atoms with van der Waals surface area (Å²) in [5, 5.41) is 4.41. The average Bonchev–Trinajstić information content (AvgIpc) is 2.16. The topological polar surface area (TPSA) is 12.0 Å². The molecule has 0 aromatic heterocycles. The van der Waals surface area contributed by atoms with E-state index in [4.69, 9.17) is 11.6 Å². The molecule has 1 unspecified atom stereocenters. The lowest BCUT2D eigenvalue weighted by atomic mass is 9.88. The SMILES string of the molecule is CC(C)C1NCCc2cc(Cl)ccc21. The van der Waals surface area contributed by atoms with Crippen molar-refractivity contribution in [1.82, 2.24) is 5.32 Å². The van der Waals surface area contributed by atoms with Crippen LogP contribution in [0, 0.1) is 5.92 Å². The molecule has 0 radical (unpaired) electrons. The van der Waals surface area contributed by atoms with Crippen LogP contribution >= 0.6 is 11.6 Å².